The van der Waals surface area contributed by atoms with E-state index in [-0.39, 0.29) is 16.9 Å². The molecule has 0 bridgehead atoms. The van der Waals surface area contributed by atoms with Crippen LogP contribution in [0.5, 0.6) is 11.5 Å². The number of hydrogen-bond acceptors (Lipinski definition) is 5. The molecule has 1 aromatic rings. The summed E-state index contributed by atoms with van der Waals surface area (Å²) < 4.78 is 22.5. The number of benzene rings is 1. The third-order valence-corrected chi connectivity index (χ3v) is 2.43. The molecule has 1 unspecified atom stereocenters. The highest BCUT2D eigenvalue weighted by molar-refractivity contribution is 5.77. The summed E-state index contributed by atoms with van der Waals surface area (Å²) in [4.78, 5) is 11.1. The fourth-order valence-corrected chi connectivity index (χ4v) is 1.45. The summed E-state index contributed by atoms with van der Waals surface area (Å²) in [6, 6.07) is 0.926. The molecule has 0 aliphatic rings. The van der Waals surface area contributed by atoms with Crippen molar-refractivity contribution < 1.29 is 28.9 Å². The van der Waals surface area contributed by atoms with Gasteiger partial charge < -0.3 is 19.7 Å². The van der Waals surface area contributed by atoms with E-state index in [1.165, 1.54) is 14.0 Å². The number of hydrogen-bond donors (Lipinski definition) is 2. The molecule has 17 heavy (non-hydrogen) atoms. The summed E-state index contributed by atoms with van der Waals surface area (Å²) in [5, 5.41) is 19.2. The number of methoxy groups -OCH3 is 2. The molecule has 0 aliphatic carbocycles. The van der Waals surface area contributed by atoms with E-state index in [0.29, 0.717) is 0 Å². The van der Waals surface area contributed by atoms with Gasteiger partial charge in [0.15, 0.2) is 23.4 Å². The molecule has 0 fully saturated rings. The minimum absolute atomic E-state index is 0.0624. The molecule has 1 rings (SSSR count). The highest BCUT2D eigenvalue weighted by atomic mass is 19.1. The highest BCUT2D eigenvalue weighted by Crippen LogP contribution is 2.37. The number of aliphatic hydroxyl groups is 1. The third kappa shape index (κ3) is 2.31. The van der Waals surface area contributed by atoms with E-state index in [9.17, 15) is 19.4 Å². The topological polar surface area (TPSA) is 76.0 Å². The summed E-state index contributed by atoms with van der Waals surface area (Å²) in [7, 11) is 2.30. The normalized spacial score (nSPS) is 12.1. The van der Waals surface area contributed by atoms with Gasteiger partial charge in [0.1, 0.15) is 0 Å². The van der Waals surface area contributed by atoms with Crippen LogP contribution in [0.3, 0.4) is 0 Å². The van der Waals surface area contributed by atoms with Crippen molar-refractivity contribution in [2.24, 2.45) is 0 Å². The smallest absolute Gasteiger partial charge is 0.339 e. The number of phenols is 1. The molecule has 0 aromatic heterocycles. The molecule has 0 saturated carbocycles. The van der Waals surface area contributed by atoms with Gasteiger partial charge in [0.2, 0.25) is 0 Å². The number of phenolic OH excluding ortho intramolecular Hbond substituents is 1. The van der Waals surface area contributed by atoms with Crippen molar-refractivity contribution >= 4 is 5.97 Å². The Morgan fingerprint density at radius 2 is 2.06 bits per heavy atom. The van der Waals surface area contributed by atoms with Gasteiger partial charge in [-0.1, -0.05) is 0 Å². The number of esters is 1. The lowest BCUT2D eigenvalue weighted by Crippen LogP contribution is -2.15. The molecular weight excluding hydrogens is 231 g/mol. The standard InChI is InChI=1S/C11H13FO5/c1-5-6(9(14)11(15)17-3)4-7(12)10(16-2)8(5)13/h4,9,13-14H,1-3H3. The van der Waals surface area contributed by atoms with Crippen molar-refractivity contribution in [3.05, 3.63) is 23.0 Å². The Bertz CT molecular complexity index is 444. The lowest BCUT2D eigenvalue weighted by atomic mass is 10.0. The van der Waals surface area contributed by atoms with Crippen molar-refractivity contribution in [1.82, 2.24) is 0 Å². The lowest BCUT2D eigenvalue weighted by molar-refractivity contribution is -0.150. The monoisotopic (exact) mass is 244 g/mol. The third-order valence-electron chi connectivity index (χ3n) is 2.43. The average Bonchev–Trinajstić information content (AvgIpc) is 2.32. The van der Waals surface area contributed by atoms with Crippen LogP contribution in [0, 0.1) is 12.7 Å². The van der Waals surface area contributed by atoms with Crippen LogP contribution in [0.1, 0.15) is 17.2 Å². The molecule has 5 nitrogen and oxygen atoms in total. The first kappa shape index (κ1) is 13.2. The summed E-state index contributed by atoms with van der Waals surface area (Å²) in [6.45, 7) is 1.43. The Morgan fingerprint density at radius 3 is 2.53 bits per heavy atom. The van der Waals surface area contributed by atoms with E-state index in [1.807, 2.05) is 0 Å². The predicted molar refractivity (Wildman–Crippen MR) is 56.3 cm³/mol. The fourth-order valence-electron chi connectivity index (χ4n) is 1.45. The number of aliphatic hydroxyl groups excluding tert-OH is 1. The molecule has 0 saturated heterocycles. The second-order valence-electron chi connectivity index (χ2n) is 3.38. The fraction of sp³-hybridized carbons (Fsp3) is 0.364. The molecule has 0 amide bonds. The van der Waals surface area contributed by atoms with Crippen LogP contribution in [-0.4, -0.2) is 30.4 Å². The van der Waals surface area contributed by atoms with Gasteiger partial charge in [-0.25, -0.2) is 9.18 Å². The molecule has 1 aromatic carbocycles. The van der Waals surface area contributed by atoms with Gasteiger partial charge in [0.25, 0.3) is 0 Å². The molecule has 1 atom stereocenters. The van der Waals surface area contributed by atoms with Crippen molar-refractivity contribution in [2.45, 2.75) is 13.0 Å². The Balaban J connectivity index is 3.32. The Hall–Kier alpha value is -1.82. The van der Waals surface area contributed by atoms with Crippen LogP contribution in [0.2, 0.25) is 0 Å². The maximum Gasteiger partial charge on any atom is 0.339 e. The zero-order chi connectivity index (χ0) is 13.2. The van der Waals surface area contributed by atoms with Gasteiger partial charge in [-0.15, -0.1) is 0 Å². The zero-order valence-electron chi connectivity index (χ0n) is 9.65. The van der Waals surface area contributed by atoms with Gasteiger partial charge in [-0.3, -0.25) is 0 Å². The largest absolute Gasteiger partial charge is 0.504 e. The summed E-state index contributed by atoms with van der Waals surface area (Å²) in [5.74, 6) is -2.58. The number of halogens is 1. The first-order valence-electron chi connectivity index (χ1n) is 4.75. The highest BCUT2D eigenvalue weighted by Gasteiger charge is 2.25. The first-order chi connectivity index (χ1) is 7.93. The number of ether oxygens (including phenoxy) is 2. The van der Waals surface area contributed by atoms with Gasteiger partial charge in [-0.05, 0) is 13.0 Å². The van der Waals surface area contributed by atoms with E-state index < -0.39 is 23.6 Å². The van der Waals surface area contributed by atoms with Crippen molar-refractivity contribution in [3.63, 3.8) is 0 Å². The SMILES string of the molecule is COC(=O)C(O)c1cc(F)c(OC)c(O)c1C. The molecule has 0 aliphatic heterocycles. The zero-order valence-corrected chi connectivity index (χ0v) is 9.65. The first-order valence-corrected chi connectivity index (χ1v) is 4.75. The van der Waals surface area contributed by atoms with E-state index >= 15 is 0 Å². The molecule has 94 valence electrons. The molecule has 0 radical (unpaired) electrons. The van der Waals surface area contributed by atoms with E-state index in [0.717, 1.165) is 13.2 Å². The van der Waals surface area contributed by atoms with Crippen LogP contribution in [0.4, 0.5) is 4.39 Å². The quantitative estimate of drug-likeness (QED) is 0.777. The Morgan fingerprint density at radius 1 is 1.47 bits per heavy atom. The molecule has 0 heterocycles. The number of aromatic hydroxyl groups is 1. The van der Waals surface area contributed by atoms with Gasteiger partial charge in [-0.2, -0.15) is 0 Å². The van der Waals surface area contributed by atoms with E-state index in [1.54, 1.807) is 0 Å². The second kappa shape index (κ2) is 5.01. The molecular formula is C11H13FO5. The van der Waals surface area contributed by atoms with Crippen molar-refractivity contribution in [1.29, 1.82) is 0 Å². The van der Waals surface area contributed by atoms with Crippen molar-refractivity contribution in [2.75, 3.05) is 14.2 Å². The van der Waals surface area contributed by atoms with E-state index in [2.05, 4.69) is 9.47 Å². The number of rotatable bonds is 3. The Labute approximate surface area is 97.4 Å². The molecule has 0 spiro atoms. The molecule has 6 heteroatoms. The maximum atomic E-state index is 13.5. The molecule has 2 N–H and O–H groups in total. The predicted octanol–water partition coefficient (Wildman–Crippen LogP) is 1.05. The number of carbonyl (C=O) groups is 1. The van der Waals surface area contributed by atoms with Gasteiger partial charge in [0.05, 0.1) is 14.2 Å². The van der Waals surface area contributed by atoms with Crippen LogP contribution >= 0.6 is 0 Å². The van der Waals surface area contributed by atoms with Crippen LogP contribution in [-0.2, 0) is 9.53 Å². The van der Waals surface area contributed by atoms with Crippen molar-refractivity contribution in [3.8, 4) is 11.5 Å². The minimum Gasteiger partial charge on any atom is -0.504 e. The van der Waals surface area contributed by atoms with Gasteiger partial charge in [0, 0.05) is 11.1 Å². The summed E-state index contributed by atoms with van der Waals surface area (Å²) >= 11 is 0. The lowest BCUT2D eigenvalue weighted by Gasteiger charge is -2.15. The Kier molecular flexibility index (Phi) is 3.90. The number of carbonyl (C=O) groups excluding carboxylic acids is 1. The summed E-state index contributed by atoms with van der Waals surface area (Å²) in [6.07, 6.45) is -1.65. The maximum absolute atomic E-state index is 13.5. The van der Waals surface area contributed by atoms with E-state index in [4.69, 9.17) is 0 Å². The summed E-state index contributed by atoms with van der Waals surface area (Å²) in [5.41, 5.74) is 0.0915. The van der Waals surface area contributed by atoms with Crippen LogP contribution < -0.4 is 4.74 Å². The van der Waals surface area contributed by atoms with Crippen LogP contribution in [0.25, 0.3) is 0 Å². The average molecular weight is 244 g/mol. The minimum atomic E-state index is -1.65. The van der Waals surface area contributed by atoms with Crippen LogP contribution in [0.15, 0.2) is 6.07 Å². The second-order valence-corrected chi connectivity index (χ2v) is 3.38. The van der Waals surface area contributed by atoms with Gasteiger partial charge >= 0.3 is 5.97 Å².